The van der Waals surface area contributed by atoms with E-state index in [-0.39, 0.29) is 5.91 Å². The zero-order valence-corrected chi connectivity index (χ0v) is 12.2. The minimum atomic E-state index is -1.57. The van der Waals surface area contributed by atoms with Crippen LogP contribution in [0.15, 0.2) is 47.9 Å². The number of hydrogen-bond acceptors (Lipinski definition) is 2. The molecule has 0 bridgehead atoms. The summed E-state index contributed by atoms with van der Waals surface area (Å²) in [5.41, 5.74) is -0.567. The quantitative estimate of drug-likeness (QED) is 0.778. The van der Waals surface area contributed by atoms with Crippen LogP contribution in [0, 0.1) is 5.41 Å². The molecule has 1 amide bonds. The van der Waals surface area contributed by atoms with Crippen LogP contribution < -0.4 is 4.72 Å². The third-order valence-electron chi connectivity index (χ3n) is 1.93. The van der Waals surface area contributed by atoms with Crippen LogP contribution in [0.1, 0.15) is 27.7 Å². The first-order valence-corrected chi connectivity index (χ1v) is 6.83. The number of rotatable bonds is 5. The van der Waals surface area contributed by atoms with Gasteiger partial charge in [0.05, 0.1) is 4.91 Å². The van der Waals surface area contributed by atoms with E-state index in [1.165, 1.54) is 6.08 Å². The minimum Gasteiger partial charge on any atom is -0.274 e. The van der Waals surface area contributed by atoms with Gasteiger partial charge in [-0.05, 0) is 19.1 Å². The van der Waals surface area contributed by atoms with Crippen molar-refractivity contribution >= 4 is 16.9 Å². The summed E-state index contributed by atoms with van der Waals surface area (Å²) < 4.78 is 14.4. The first-order valence-electron chi connectivity index (χ1n) is 5.68. The molecule has 1 atom stereocenters. The first kappa shape index (κ1) is 16.6. The summed E-state index contributed by atoms with van der Waals surface area (Å²) >= 11 is 0. The minimum absolute atomic E-state index is 0.254. The van der Waals surface area contributed by atoms with E-state index in [4.69, 9.17) is 0 Å². The molecule has 0 aromatic heterocycles. The molecule has 0 aliphatic heterocycles. The van der Waals surface area contributed by atoms with Crippen LogP contribution in [0.3, 0.4) is 0 Å². The van der Waals surface area contributed by atoms with E-state index in [2.05, 4.69) is 11.3 Å². The number of carbonyl (C=O) groups is 1. The number of allylic oxidation sites excluding steroid dienone is 6. The smallest absolute Gasteiger partial charge is 0.237 e. The van der Waals surface area contributed by atoms with Gasteiger partial charge >= 0.3 is 0 Å². The van der Waals surface area contributed by atoms with Crippen molar-refractivity contribution in [3.8, 4) is 0 Å². The van der Waals surface area contributed by atoms with E-state index in [0.717, 1.165) is 0 Å². The zero-order chi connectivity index (χ0) is 14.2. The highest BCUT2D eigenvalue weighted by Crippen LogP contribution is 2.14. The van der Waals surface area contributed by atoms with Crippen molar-refractivity contribution < 1.29 is 9.00 Å². The third-order valence-corrected chi connectivity index (χ3v) is 3.00. The zero-order valence-electron chi connectivity index (χ0n) is 11.4. The second-order valence-electron chi connectivity index (χ2n) is 4.64. The molecule has 0 radical (unpaired) electrons. The molecule has 0 aliphatic carbocycles. The Morgan fingerprint density at radius 2 is 1.89 bits per heavy atom. The average Bonchev–Trinajstić information content (AvgIpc) is 2.26. The van der Waals surface area contributed by atoms with Crippen molar-refractivity contribution in [3.63, 3.8) is 0 Å². The molecular weight excluding hydrogens is 246 g/mol. The van der Waals surface area contributed by atoms with Gasteiger partial charge in [0, 0.05) is 5.41 Å². The molecule has 1 unspecified atom stereocenters. The maximum atomic E-state index is 12.0. The van der Waals surface area contributed by atoms with Crippen LogP contribution in [0.5, 0.6) is 0 Å². The van der Waals surface area contributed by atoms with Gasteiger partial charge in [-0.1, -0.05) is 51.7 Å². The summed E-state index contributed by atoms with van der Waals surface area (Å²) in [6.45, 7) is 10.8. The van der Waals surface area contributed by atoms with Gasteiger partial charge in [0.2, 0.25) is 5.91 Å². The summed E-state index contributed by atoms with van der Waals surface area (Å²) in [4.78, 5) is 12.2. The molecule has 100 valence electrons. The van der Waals surface area contributed by atoms with Gasteiger partial charge in [-0.25, -0.2) is 4.21 Å². The Morgan fingerprint density at radius 3 is 2.33 bits per heavy atom. The van der Waals surface area contributed by atoms with Crippen LogP contribution in [-0.4, -0.2) is 10.1 Å². The van der Waals surface area contributed by atoms with Crippen LogP contribution in [0.2, 0.25) is 0 Å². The fraction of sp³-hybridized carbons (Fsp3) is 0.357. The van der Waals surface area contributed by atoms with Gasteiger partial charge in [-0.15, -0.1) is 0 Å². The highest BCUT2D eigenvalue weighted by atomic mass is 32.2. The van der Waals surface area contributed by atoms with Gasteiger partial charge in [-0.2, -0.15) is 0 Å². The van der Waals surface area contributed by atoms with Crippen molar-refractivity contribution in [3.05, 3.63) is 47.9 Å². The SMILES string of the molecule is C=C\C=C(/C=C\C=C/C)S(=O)NC(=O)C(C)(C)C. The van der Waals surface area contributed by atoms with Crippen molar-refractivity contribution in [1.29, 1.82) is 0 Å². The summed E-state index contributed by atoms with van der Waals surface area (Å²) in [5.74, 6) is -0.254. The molecule has 0 saturated heterocycles. The highest BCUT2D eigenvalue weighted by Gasteiger charge is 2.23. The van der Waals surface area contributed by atoms with E-state index in [1.807, 2.05) is 19.1 Å². The first-order chi connectivity index (χ1) is 8.32. The Morgan fingerprint density at radius 1 is 1.28 bits per heavy atom. The van der Waals surface area contributed by atoms with E-state index < -0.39 is 16.4 Å². The molecule has 0 aliphatic rings. The largest absolute Gasteiger partial charge is 0.274 e. The van der Waals surface area contributed by atoms with E-state index in [0.29, 0.717) is 4.91 Å². The van der Waals surface area contributed by atoms with Crippen molar-refractivity contribution in [2.75, 3.05) is 0 Å². The number of amides is 1. The Balaban J connectivity index is 4.86. The molecule has 0 aromatic carbocycles. The topological polar surface area (TPSA) is 46.2 Å². The summed E-state index contributed by atoms with van der Waals surface area (Å²) in [6, 6.07) is 0. The van der Waals surface area contributed by atoms with Gasteiger partial charge in [-0.3, -0.25) is 9.52 Å². The Hall–Kier alpha value is -1.42. The molecule has 0 spiro atoms. The summed E-state index contributed by atoms with van der Waals surface area (Å²) in [5, 5.41) is 0. The molecule has 3 nitrogen and oxygen atoms in total. The molecule has 0 rings (SSSR count). The monoisotopic (exact) mass is 267 g/mol. The molecule has 0 saturated carbocycles. The number of carbonyl (C=O) groups excluding carboxylic acids is 1. The Labute approximate surface area is 112 Å². The molecule has 18 heavy (non-hydrogen) atoms. The second kappa shape index (κ2) is 7.82. The normalized spacial score (nSPS) is 15.0. The van der Waals surface area contributed by atoms with E-state index in [1.54, 1.807) is 39.0 Å². The summed E-state index contributed by atoms with van der Waals surface area (Å²) in [6.07, 6.45) is 10.3. The lowest BCUT2D eigenvalue weighted by atomic mass is 9.96. The lowest BCUT2D eigenvalue weighted by molar-refractivity contribution is -0.126. The predicted octanol–water partition coefficient (Wildman–Crippen LogP) is 3.01. The fourth-order valence-electron chi connectivity index (χ4n) is 0.853. The summed E-state index contributed by atoms with van der Waals surface area (Å²) in [7, 11) is -1.57. The number of nitrogens with one attached hydrogen (secondary N) is 1. The van der Waals surface area contributed by atoms with Gasteiger partial charge in [0.15, 0.2) is 11.0 Å². The van der Waals surface area contributed by atoms with E-state index >= 15 is 0 Å². The van der Waals surface area contributed by atoms with Crippen LogP contribution in [0.4, 0.5) is 0 Å². The number of hydrogen-bond donors (Lipinski definition) is 1. The molecule has 1 N–H and O–H groups in total. The lowest BCUT2D eigenvalue weighted by Crippen LogP contribution is -2.36. The maximum Gasteiger partial charge on any atom is 0.237 e. The Bertz CT molecular complexity index is 412. The van der Waals surface area contributed by atoms with Crippen LogP contribution in [0.25, 0.3) is 0 Å². The average molecular weight is 267 g/mol. The van der Waals surface area contributed by atoms with Gasteiger partial charge < -0.3 is 0 Å². The molecular formula is C14H21NO2S. The highest BCUT2D eigenvalue weighted by molar-refractivity contribution is 7.87. The van der Waals surface area contributed by atoms with Crippen LogP contribution >= 0.6 is 0 Å². The standard InChI is InChI=1S/C14H21NO2S/c1-6-8-9-11-12(10-7-2)18(17)15-13(16)14(3,4)5/h6-11H,2H2,1,3-5H3,(H,15,16)/b8-6-,11-9-,12-10+. The van der Waals surface area contributed by atoms with Crippen molar-refractivity contribution in [1.82, 2.24) is 4.72 Å². The van der Waals surface area contributed by atoms with E-state index in [9.17, 15) is 9.00 Å². The maximum absolute atomic E-state index is 12.0. The second-order valence-corrected chi connectivity index (χ2v) is 5.85. The predicted molar refractivity (Wildman–Crippen MR) is 78.0 cm³/mol. The van der Waals surface area contributed by atoms with Gasteiger partial charge in [0.1, 0.15) is 0 Å². The molecule has 0 heterocycles. The van der Waals surface area contributed by atoms with Gasteiger partial charge in [0.25, 0.3) is 0 Å². The molecule has 0 fully saturated rings. The third kappa shape index (κ3) is 6.35. The molecule has 4 heteroatoms. The van der Waals surface area contributed by atoms with Crippen molar-refractivity contribution in [2.45, 2.75) is 27.7 Å². The van der Waals surface area contributed by atoms with Crippen LogP contribution in [-0.2, 0) is 15.8 Å². The molecule has 0 aromatic rings. The lowest BCUT2D eigenvalue weighted by Gasteiger charge is -2.17. The Kier molecular flexibility index (Phi) is 7.20. The fourth-order valence-corrected chi connectivity index (χ4v) is 1.87. The van der Waals surface area contributed by atoms with Crippen molar-refractivity contribution in [2.24, 2.45) is 5.41 Å².